The standard InChI is InChI=1S/C22H26N2O4S2/c1-14(2)28-16-8-6-15(7-9-16)21(25)23-22-24(10-11-29-5)17-12-18(26-3)19(27-4)13-20(17)30-22/h6-9,12-14H,10-11H2,1-5H3. The van der Waals surface area contributed by atoms with Gasteiger partial charge < -0.3 is 18.8 Å². The van der Waals surface area contributed by atoms with E-state index in [0.717, 1.165) is 28.3 Å². The van der Waals surface area contributed by atoms with Crippen LogP contribution in [0.4, 0.5) is 0 Å². The molecule has 6 nitrogen and oxygen atoms in total. The normalized spacial score (nSPS) is 11.9. The van der Waals surface area contributed by atoms with Crippen molar-refractivity contribution in [2.45, 2.75) is 26.5 Å². The van der Waals surface area contributed by atoms with Crippen LogP contribution in [0, 0.1) is 0 Å². The lowest BCUT2D eigenvalue weighted by Crippen LogP contribution is -2.18. The van der Waals surface area contributed by atoms with E-state index in [0.29, 0.717) is 21.9 Å². The van der Waals surface area contributed by atoms with Crippen LogP contribution in [0.2, 0.25) is 0 Å². The summed E-state index contributed by atoms with van der Waals surface area (Å²) in [7, 11) is 3.23. The van der Waals surface area contributed by atoms with E-state index in [9.17, 15) is 4.79 Å². The van der Waals surface area contributed by atoms with E-state index in [1.54, 1.807) is 50.2 Å². The maximum atomic E-state index is 12.8. The molecule has 2 aromatic carbocycles. The number of thiazole rings is 1. The summed E-state index contributed by atoms with van der Waals surface area (Å²) >= 11 is 3.21. The molecule has 0 bridgehead atoms. The van der Waals surface area contributed by atoms with Gasteiger partial charge in [0.15, 0.2) is 16.3 Å². The van der Waals surface area contributed by atoms with Crippen molar-refractivity contribution in [1.82, 2.24) is 4.57 Å². The smallest absolute Gasteiger partial charge is 0.279 e. The van der Waals surface area contributed by atoms with Gasteiger partial charge in [-0.25, -0.2) is 0 Å². The second kappa shape index (κ2) is 10.0. The van der Waals surface area contributed by atoms with Gasteiger partial charge in [0.2, 0.25) is 0 Å². The first kappa shape index (κ1) is 22.2. The van der Waals surface area contributed by atoms with Crippen LogP contribution in [0.25, 0.3) is 10.2 Å². The van der Waals surface area contributed by atoms with Crippen LogP contribution in [-0.2, 0) is 6.54 Å². The minimum absolute atomic E-state index is 0.0826. The Morgan fingerprint density at radius 1 is 1.13 bits per heavy atom. The van der Waals surface area contributed by atoms with Gasteiger partial charge in [-0.3, -0.25) is 4.79 Å². The van der Waals surface area contributed by atoms with Gasteiger partial charge in [-0.15, -0.1) is 0 Å². The number of carbonyl (C=O) groups excluding carboxylic acids is 1. The molecule has 0 saturated carbocycles. The molecule has 0 saturated heterocycles. The number of aryl methyl sites for hydroxylation is 1. The van der Waals surface area contributed by atoms with Gasteiger partial charge in [0, 0.05) is 30.0 Å². The van der Waals surface area contributed by atoms with E-state index >= 15 is 0 Å². The Morgan fingerprint density at radius 2 is 1.80 bits per heavy atom. The van der Waals surface area contributed by atoms with Crippen molar-refractivity contribution in [2.75, 3.05) is 26.2 Å². The number of hydrogen-bond acceptors (Lipinski definition) is 6. The molecule has 1 heterocycles. The molecule has 0 atom stereocenters. The van der Waals surface area contributed by atoms with E-state index in [2.05, 4.69) is 15.8 Å². The van der Waals surface area contributed by atoms with Gasteiger partial charge in [-0.05, 0) is 44.4 Å². The average molecular weight is 447 g/mol. The average Bonchev–Trinajstić information content (AvgIpc) is 3.06. The molecule has 0 aliphatic heterocycles. The number of rotatable bonds is 8. The first-order chi connectivity index (χ1) is 14.5. The lowest BCUT2D eigenvalue weighted by atomic mass is 10.2. The van der Waals surface area contributed by atoms with E-state index in [1.807, 2.05) is 26.0 Å². The van der Waals surface area contributed by atoms with Crippen molar-refractivity contribution in [2.24, 2.45) is 4.99 Å². The van der Waals surface area contributed by atoms with Crippen molar-refractivity contribution < 1.29 is 19.0 Å². The second-order valence-corrected chi connectivity index (χ2v) is 8.81. The van der Waals surface area contributed by atoms with Crippen molar-refractivity contribution in [1.29, 1.82) is 0 Å². The van der Waals surface area contributed by atoms with Crippen molar-refractivity contribution >= 4 is 39.2 Å². The van der Waals surface area contributed by atoms with Crippen molar-refractivity contribution in [3.05, 3.63) is 46.8 Å². The number of thioether (sulfide) groups is 1. The van der Waals surface area contributed by atoms with E-state index in [4.69, 9.17) is 14.2 Å². The SMILES string of the molecule is COc1cc2sc(=NC(=O)c3ccc(OC(C)C)cc3)n(CCSC)c2cc1OC. The number of hydrogen-bond donors (Lipinski definition) is 0. The summed E-state index contributed by atoms with van der Waals surface area (Å²) in [5.74, 6) is 2.66. The topological polar surface area (TPSA) is 62.0 Å². The number of nitrogens with zero attached hydrogens (tertiary/aromatic N) is 2. The molecule has 0 spiro atoms. The lowest BCUT2D eigenvalue weighted by molar-refractivity contribution is 0.0998. The van der Waals surface area contributed by atoms with Gasteiger partial charge in [0.05, 0.1) is 30.5 Å². The summed E-state index contributed by atoms with van der Waals surface area (Å²) in [6.45, 7) is 4.67. The van der Waals surface area contributed by atoms with Gasteiger partial charge >= 0.3 is 0 Å². The third-order valence-electron chi connectivity index (χ3n) is 4.38. The Kier molecular flexibility index (Phi) is 7.44. The predicted octanol–water partition coefficient (Wildman–Crippen LogP) is 4.61. The van der Waals surface area contributed by atoms with Gasteiger partial charge in [0.25, 0.3) is 5.91 Å². The molecule has 160 valence electrons. The van der Waals surface area contributed by atoms with E-state index in [1.165, 1.54) is 11.3 Å². The minimum atomic E-state index is -0.283. The maximum Gasteiger partial charge on any atom is 0.279 e. The highest BCUT2D eigenvalue weighted by Crippen LogP contribution is 2.33. The van der Waals surface area contributed by atoms with Crippen molar-refractivity contribution in [3.63, 3.8) is 0 Å². The fourth-order valence-corrected chi connectivity index (χ4v) is 4.41. The van der Waals surface area contributed by atoms with Crippen molar-refractivity contribution in [3.8, 4) is 17.2 Å². The Balaban J connectivity index is 2.04. The highest BCUT2D eigenvalue weighted by atomic mass is 32.2. The summed E-state index contributed by atoms with van der Waals surface area (Å²) in [4.78, 5) is 17.9. The summed E-state index contributed by atoms with van der Waals surface area (Å²) < 4.78 is 19.6. The molecule has 0 aliphatic rings. The number of carbonyl (C=O) groups is 1. The molecule has 0 N–H and O–H groups in total. The van der Waals surface area contributed by atoms with Gasteiger partial charge in [-0.2, -0.15) is 16.8 Å². The number of aromatic nitrogens is 1. The summed E-state index contributed by atoms with van der Waals surface area (Å²) in [5.41, 5.74) is 1.49. The summed E-state index contributed by atoms with van der Waals surface area (Å²) in [5, 5.41) is 0. The molecule has 1 aromatic heterocycles. The molecule has 1 amide bonds. The predicted molar refractivity (Wildman–Crippen MR) is 123 cm³/mol. The second-order valence-electron chi connectivity index (χ2n) is 6.81. The molecule has 3 aromatic rings. The lowest BCUT2D eigenvalue weighted by Gasteiger charge is -2.09. The largest absolute Gasteiger partial charge is 0.493 e. The van der Waals surface area contributed by atoms with Gasteiger partial charge in [-0.1, -0.05) is 11.3 Å². The number of amides is 1. The molecule has 8 heteroatoms. The van der Waals surface area contributed by atoms with Crippen LogP contribution in [-0.4, -0.2) is 42.8 Å². The third-order valence-corrected chi connectivity index (χ3v) is 6.01. The van der Waals surface area contributed by atoms with Crippen LogP contribution < -0.4 is 19.0 Å². The zero-order chi connectivity index (χ0) is 21.7. The zero-order valence-electron chi connectivity index (χ0n) is 17.8. The Hall–Kier alpha value is -2.45. The Labute approximate surface area is 184 Å². The Bertz CT molecular complexity index is 1080. The maximum absolute atomic E-state index is 12.8. The van der Waals surface area contributed by atoms with E-state index in [-0.39, 0.29) is 12.0 Å². The molecule has 0 aliphatic carbocycles. The first-order valence-corrected chi connectivity index (χ1v) is 11.8. The molecule has 30 heavy (non-hydrogen) atoms. The molecular weight excluding hydrogens is 420 g/mol. The number of methoxy groups -OCH3 is 2. The van der Waals surface area contributed by atoms with E-state index < -0.39 is 0 Å². The Morgan fingerprint density at radius 3 is 2.40 bits per heavy atom. The zero-order valence-corrected chi connectivity index (χ0v) is 19.4. The monoisotopic (exact) mass is 446 g/mol. The minimum Gasteiger partial charge on any atom is -0.493 e. The summed E-state index contributed by atoms with van der Waals surface area (Å²) in [6.07, 6.45) is 2.14. The van der Waals surface area contributed by atoms with Gasteiger partial charge in [0.1, 0.15) is 5.75 Å². The molecule has 0 fully saturated rings. The number of ether oxygens (including phenoxy) is 3. The number of benzene rings is 2. The fourth-order valence-electron chi connectivity index (χ4n) is 2.98. The summed E-state index contributed by atoms with van der Waals surface area (Å²) in [6, 6.07) is 10.9. The highest BCUT2D eigenvalue weighted by molar-refractivity contribution is 7.98. The third kappa shape index (κ3) is 4.99. The fraction of sp³-hybridized carbons (Fsp3) is 0.364. The number of fused-ring (bicyclic) bond motifs is 1. The highest BCUT2D eigenvalue weighted by Gasteiger charge is 2.14. The van der Waals surface area contributed by atoms with Crippen LogP contribution >= 0.6 is 23.1 Å². The molecule has 0 radical (unpaired) electrons. The van der Waals surface area contributed by atoms with Crippen LogP contribution in [0.15, 0.2) is 41.4 Å². The quantitative estimate of drug-likeness (QED) is 0.506. The first-order valence-electron chi connectivity index (χ1n) is 9.57. The molecular formula is C22H26N2O4S2. The molecule has 3 rings (SSSR count). The molecule has 0 unspecified atom stereocenters. The van der Waals surface area contributed by atoms with Crippen LogP contribution in [0.1, 0.15) is 24.2 Å². The van der Waals surface area contributed by atoms with Crippen LogP contribution in [0.5, 0.6) is 17.2 Å². The van der Waals surface area contributed by atoms with Crippen LogP contribution in [0.3, 0.4) is 0 Å².